The number of benzene rings is 2. The highest BCUT2D eigenvalue weighted by Crippen LogP contribution is 2.24. The molecule has 0 radical (unpaired) electrons. The van der Waals surface area contributed by atoms with Crippen LogP contribution >= 0.6 is 11.6 Å². The lowest BCUT2D eigenvalue weighted by molar-refractivity contribution is 0.102. The number of hydrogen-bond donors (Lipinski definition) is 1. The van der Waals surface area contributed by atoms with Gasteiger partial charge < -0.3 is 5.32 Å². The lowest BCUT2D eigenvalue weighted by Gasteiger charge is -2.08. The molecule has 0 fully saturated rings. The Balaban J connectivity index is 1.98. The van der Waals surface area contributed by atoms with Crippen LogP contribution in [0.1, 0.15) is 10.4 Å². The van der Waals surface area contributed by atoms with Crippen molar-refractivity contribution >= 4 is 34.0 Å². The van der Waals surface area contributed by atoms with Crippen molar-refractivity contribution in [1.82, 2.24) is 4.98 Å². The third-order valence-corrected chi connectivity index (χ3v) is 3.39. The lowest BCUT2D eigenvalue weighted by Crippen LogP contribution is -2.12. The van der Waals surface area contributed by atoms with Gasteiger partial charge in [-0.25, -0.2) is 9.37 Å². The Labute approximate surface area is 125 Å². The van der Waals surface area contributed by atoms with Crippen LogP contribution in [-0.2, 0) is 0 Å². The minimum atomic E-state index is -0.355. The summed E-state index contributed by atoms with van der Waals surface area (Å²) in [6.45, 7) is 0. The maximum Gasteiger partial charge on any atom is 0.257 e. The van der Waals surface area contributed by atoms with Crippen molar-refractivity contribution in [1.29, 1.82) is 0 Å². The number of hydrogen-bond acceptors (Lipinski definition) is 2. The molecule has 0 aliphatic rings. The molecule has 1 N–H and O–H groups in total. The normalized spacial score (nSPS) is 10.6. The molecule has 0 aliphatic carbocycles. The highest BCUT2D eigenvalue weighted by atomic mass is 35.5. The molecule has 21 heavy (non-hydrogen) atoms. The third-order valence-electron chi connectivity index (χ3n) is 3.09. The van der Waals surface area contributed by atoms with Crippen molar-refractivity contribution in [3.8, 4) is 0 Å². The van der Waals surface area contributed by atoms with E-state index < -0.39 is 0 Å². The van der Waals surface area contributed by atoms with Gasteiger partial charge in [0, 0.05) is 17.3 Å². The molecule has 104 valence electrons. The van der Waals surface area contributed by atoms with Crippen molar-refractivity contribution in [2.75, 3.05) is 5.32 Å². The van der Waals surface area contributed by atoms with Gasteiger partial charge in [-0.3, -0.25) is 4.79 Å². The number of anilines is 1. The summed E-state index contributed by atoms with van der Waals surface area (Å²) in [6.07, 6.45) is 1.43. The van der Waals surface area contributed by atoms with Gasteiger partial charge in [0.2, 0.25) is 0 Å². The number of fused-ring (bicyclic) bond motifs is 1. The zero-order valence-corrected chi connectivity index (χ0v) is 11.6. The van der Waals surface area contributed by atoms with E-state index in [-0.39, 0.29) is 11.7 Å². The van der Waals surface area contributed by atoms with Crippen LogP contribution in [0.25, 0.3) is 10.8 Å². The number of halogens is 2. The summed E-state index contributed by atoms with van der Waals surface area (Å²) in [4.78, 5) is 16.4. The van der Waals surface area contributed by atoms with Gasteiger partial charge in [-0.1, -0.05) is 35.9 Å². The van der Waals surface area contributed by atoms with E-state index in [9.17, 15) is 9.18 Å². The van der Waals surface area contributed by atoms with Crippen molar-refractivity contribution in [2.45, 2.75) is 0 Å². The quantitative estimate of drug-likeness (QED) is 0.718. The molecule has 1 heterocycles. The largest absolute Gasteiger partial charge is 0.322 e. The summed E-state index contributed by atoms with van der Waals surface area (Å²) in [7, 11) is 0. The summed E-state index contributed by atoms with van der Waals surface area (Å²) < 4.78 is 12.9. The summed E-state index contributed by atoms with van der Waals surface area (Å²) in [5.74, 6) is -0.673. The van der Waals surface area contributed by atoms with Gasteiger partial charge in [-0.05, 0) is 29.7 Å². The summed E-state index contributed by atoms with van der Waals surface area (Å²) >= 11 is 6.03. The molecule has 0 unspecified atom stereocenters. The van der Waals surface area contributed by atoms with E-state index in [2.05, 4.69) is 10.3 Å². The van der Waals surface area contributed by atoms with E-state index in [0.717, 1.165) is 5.39 Å². The van der Waals surface area contributed by atoms with Crippen molar-refractivity contribution < 1.29 is 9.18 Å². The number of nitrogens with one attached hydrogen (secondary N) is 1. The molecule has 5 heteroatoms. The van der Waals surface area contributed by atoms with E-state index in [1.807, 2.05) is 18.2 Å². The third kappa shape index (κ3) is 2.71. The van der Waals surface area contributed by atoms with Crippen molar-refractivity contribution in [3.05, 3.63) is 71.3 Å². The Morgan fingerprint density at radius 1 is 1.05 bits per heavy atom. The predicted octanol–water partition coefficient (Wildman–Crippen LogP) is 4.28. The Bertz CT molecular complexity index is 818. The first-order valence-electron chi connectivity index (χ1n) is 6.25. The van der Waals surface area contributed by atoms with E-state index in [0.29, 0.717) is 21.8 Å². The van der Waals surface area contributed by atoms with Gasteiger partial charge in [0.25, 0.3) is 5.91 Å². The number of carbonyl (C=O) groups excluding carboxylic acids is 1. The van der Waals surface area contributed by atoms with Crippen LogP contribution in [0, 0.1) is 5.82 Å². The number of nitrogens with zero attached hydrogens (tertiary/aromatic N) is 1. The van der Waals surface area contributed by atoms with Crippen LogP contribution < -0.4 is 5.32 Å². The first-order valence-corrected chi connectivity index (χ1v) is 6.63. The van der Waals surface area contributed by atoms with Crippen LogP contribution in [0.4, 0.5) is 10.1 Å². The number of carbonyl (C=O) groups is 1. The molecule has 0 bridgehead atoms. The van der Waals surface area contributed by atoms with Gasteiger partial charge in [0.1, 0.15) is 11.0 Å². The number of pyridine rings is 1. The average molecular weight is 301 g/mol. The molecule has 3 nitrogen and oxygen atoms in total. The number of amides is 1. The molecule has 0 atom stereocenters. The minimum Gasteiger partial charge on any atom is -0.322 e. The van der Waals surface area contributed by atoms with Gasteiger partial charge in [0.15, 0.2) is 0 Å². The SMILES string of the molecule is O=C(Nc1ccc(F)cc1)c1cnc(Cl)c2ccccc12. The van der Waals surface area contributed by atoms with Gasteiger partial charge >= 0.3 is 0 Å². The number of aromatic nitrogens is 1. The molecule has 0 aliphatic heterocycles. The zero-order chi connectivity index (χ0) is 14.8. The summed E-state index contributed by atoms with van der Waals surface area (Å²) in [5, 5.41) is 4.49. The average Bonchev–Trinajstić information content (AvgIpc) is 2.50. The number of rotatable bonds is 2. The molecule has 1 aromatic heterocycles. The van der Waals surface area contributed by atoms with Crippen LogP contribution in [0.2, 0.25) is 5.15 Å². The standard InChI is InChI=1S/C16H10ClFN2O/c17-15-13-4-2-1-3-12(13)14(9-19-15)16(21)20-11-7-5-10(18)6-8-11/h1-9H,(H,20,21). The van der Waals surface area contributed by atoms with E-state index in [1.54, 1.807) is 6.07 Å². The lowest BCUT2D eigenvalue weighted by atomic mass is 10.1. The summed E-state index contributed by atoms with van der Waals surface area (Å²) in [5.41, 5.74) is 0.930. The van der Waals surface area contributed by atoms with Crippen LogP contribution in [0.15, 0.2) is 54.7 Å². The maximum atomic E-state index is 12.9. The molecule has 1 amide bonds. The van der Waals surface area contributed by atoms with E-state index >= 15 is 0 Å². The van der Waals surface area contributed by atoms with Crippen LogP contribution in [0.5, 0.6) is 0 Å². The molecular formula is C16H10ClFN2O. The second kappa shape index (κ2) is 5.50. The summed E-state index contributed by atoms with van der Waals surface area (Å²) in [6, 6.07) is 12.8. The first kappa shape index (κ1) is 13.5. The topological polar surface area (TPSA) is 42.0 Å². The smallest absolute Gasteiger partial charge is 0.257 e. The van der Waals surface area contributed by atoms with Gasteiger partial charge in [0.05, 0.1) is 5.56 Å². The van der Waals surface area contributed by atoms with E-state index in [1.165, 1.54) is 30.5 Å². The van der Waals surface area contributed by atoms with E-state index in [4.69, 9.17) is 11.6 Å². The Kier molecular flexibility index (Phi) is 3.54. The Hall–Kier alpha value is -2.46. The predicted molar refractivity (Wildman–Crippen MR) is 81.1 cm³/mol. The van der Waals surface area contributed by atoms with Crippen molar-refractivity contribution in [3.63, 3.8) is 0 Å². The molecule has 2 aromatic carbocycles. The highest BCUT2D eigenvalue weighted by molar-refractivity contribution is 6.35. The zero-order valence-electron chi connectivity index (χ0n) is 10.8. The maximum absolute atomic E-state index is 12.9. The van der Waals surface area contributed by atoms with Gasteiger partial charge in [-0.2, -0.15) is 0 Å². The highest BCUT2D eigenvalue weighted by Gasteiger charge is 2.12. The Morgan fingerprint density at radius 3 is 2.43 bits per heavy atom. The molecule has 0 spiro atoms. The fourth-order valence-electron chi connectivity index (χ4n) is 2.07. The van der Waals surface area contributed by atoms with Crippen LogP contribution in [0.3, 0.4) is 0 Å². The fourth-order valence-corrected chi connectivity index (χ4v) is 2.28. The Morgan fingerprint density at radius 2 is 1.71 bits per heavy atom. The monoisotopic (exact) mass is 300 g/mol. The second-order valence-corrected chi connectivity index (χ2v) is 4.83. The molecule has 3 aromatic rings. The fraction of sp³-hybridized carbons (Fsp3) is 0. The second-order valence-electron chi connectivity index (χ2n) is 4.47. The molecule has 3 rings (SSSR count). The van der Waals surface area contributed by atoms with Gasteiger partial charge in [-0.15, -0.1) is 0 Å². The molecule has 0 saturated heterocycles. The minimum absolute atomic E-state index is 0.318. The molecule has 0 saturated carbocycles. The first-order chi connectivity index (χ1) is 10.1. The van der Waals surface area contributed by atoms with Crippen molar-refractivity contribution in [2.24, 2.45) is 0 Å². The van der Waals surface area contributed by atoms with Crippen LogP contribution in [-0.4, -0.2) is 10.9 Å². The molecular weight excluding hydrogens is 291 g/mol.